The Labute approximate surface area is 103 Å². The summed E-state index contributed by atoms with van der Waals surface area (Å²) in [5.41, 5.74) is -0.200. The van der Waals surface area contributed by atoms with Gasteiger partial charge in [-0.2, -0.15) is 0 Å². The molecule has 94 valence electrons. The summed E-state index contributed by atoms with van der Waals surface area (Å²) in [5.74, 6) is 1.39. The summed E-state index contributed by atoms with van der Waals surface area (Å²) in [6, 6.07) is 0. The average molecular weight is 234 g/mol. The molecule has 0 aromatic heterocycles. The van der Waals surface area contributed by atoms with Crippen LogP contribution < -0.4 is 0 Å². The van der Waals surface area contributed by atoms with Crippen LogP contribution in [0.1, 0.15) is 51.9 Å². The summed E-state index contributed by atoms with van der Waals surface area (Å²) in [6.07, 6.45) is 12.5. The van der Waals surface area contributed by atoms with Crippen LogP contribution in [0.2, 0.25) is 0 Å². The number of esters is 1. The van der Waals surface area contributed by atoms with Crippen LogP contribution in [0.25, 0.3) is 0 Å². The highest BCUT2D eigenvalue weighted by molar-refractivity contribution is 5.73. The van der Waals surface area contributed by atoms with Gasteiger partial charge in [0.05, 0.1) is 5.92 Å². The molecule has 0 heterocycles. The Balaban J connectivity index is 1.62. The van der Waals surface area contributed by atoms with E-state index in [1.807, 2.05) is 0 Å². The van der Waals surface area contributed by atoms with E-state index in [0.29, 0.717) is 11.8 Å². The van der Waals surface area contributed by atoms with Gasteiger partial charge in [-0.15, -0.1) is 0 Å². The molecule has 3 rings (SSSR count). The van der Waals surface area contributed by atoms with E-state index < -0.39 is 0 Å². The maximum atomic E-state index is 12.2. The first-order valence-electron chi connectivity index (χ1n) is 7.08. The summed E-state index contributed by atoms with van der Waals surface area (Å²) >= 11 is 0. The van der Waals surface area contributed by atoms with E-state index in [4.69, 9.17) is 4.74 Å². The average Bonchev–Trinajstić information content (AvgIpc) is 2.89. The molecule has 17 heavy (non-hydrogen) atoms. The lowest BCUT2D eigenvalue weighted by molar-refractivity contribution is -0.166. The van der Waals surface area contributed by atoms with Crippen molar-refractivity contribution in [3.05, 3.63) is 12.2 Å². The van der Waals surface area contributed by atoms with Gasteiger partial charge in [-0.25, -0.2) is 0 Å². The molecule has 3 aliphatic rings. The maximum absolute atomic E-state index is 12.2. The molecule has 2 saturated carbocycles. The lowest BCUT2D eigenvalue weighted by Gasteiger charge is -2.33. The Bertz CT molecular complexity index is 341. The van der Waals surface area contributed by atoms with E-state index in [9.17, 15) is 4.79 Å². The second-order valence-corrected chi connectivity index (χ2v) is 6.26. The minimum Gasteiger partial charge on any atom is -0.459 e. The van der Waals surface area contributed by atoms with E-state index in [-0.39, 0.29) is 17.5 Å². The van der Waals surface area contributed by atoms with Crippen molar-refractivity contribution >= 4 is 5.97 Å². The van der Waals surface area contributed by atoms with Gasteiger partial charge in [-0.1, -0.05) is 31.4 Å². The van der Waals surface area contributed by atoms with Gasteiger partial charge in [0.15, 0.2) is 0 Å². The first-order chi connectivity index (χ1) is 8.17. The Kier molecular flexibility index (Phi) is 2.76. The predicted octanol–water partition coefficient (Wildman–Crippen LogP) is 3.46. The third-order valence-corrected chi connectivity index (χ3v) is 4.90. The Morgan fingerprint density at radius 1 is 1.24 bits per heavy atom. The number of allylic oxidation sites excluding steroid dienone is 1. The van der Waals surface area contributed by atoms with Crippen molar-refractivity contribution in [1.29, 1.82) is 0 Å². The standard InChI is InChI=1S/C15H22O2/c1-15(10-11-7-8-13(15)9-11)17-14(16)12-5-3-2-4-6-12/h7-8,11-13H,2-6,9-10H2,1H3. The predicted molar refractivity (Wildman–Crippen MR) is 66.4 cm³/mol. The topological polar surface area (TPSA) is 26.3 Å². The minimum atomic E-state index is -0.200. The molecule has 0 aliphatic heterocycles. The molecular weight excluding hydrogens is 212 g/mol. The molecule has 3 atom stereocenters. The molecule has 3 unspecified atom stereocenters. The first-order valence-corrected chi connectivity index (χ1v) is 7.08. The van der Waals surface area contributed by atoms with Gasteiger partial charge in [0.25, 0.3) is 0 Å². The third-order valence-electron chi connectivity index (χ3n) is 4.90. The van der Waals surface area contributed by atoms with Crippen molar-refractivity contribution in [2.24, 2.45) is 17.8 Å². The zero-order valence-electron chi connectivity index (χ0n) is 10.7. The number of hydrogen-bond acceptors (Lipinski definition) is 2. The van der Waals surface area contributed by atoms with Gasteiger partial charge in [-0.3, -0.25) is 4.79 Å². The Morgan fingerprint density at radius 2 is 2.00 bits per heavy atom. The maximum Gasteiger partial charge on any atom is 0.309 e. The zero-order valence-corrected chi connectivity index (χ0v) is 10.7. The molecule has 2 bridgehead atoms. The van der Waals surface area contributed by atoms with Crippen molar-refractivity contribution in [3.8, 4) is 0 Å². The van der Waals surface area contributed by atoms with Gasteiger partial charge in [0.2, 0.25) is 0 Å². The Hall–Kier alpha value is -0.790. The van der Waals surface area contributed by atoms with Crippen molar-refractivity contribution in [2.75, 3.05) is 0 Å². The molecule has 2 heteroatoms. The summed E-state index contributed by atoms with van der Waals surface area (Å²) in [7, 11) is 0. The first kappa shape index (κ1) is 11.3. The lowest BCUT2D eigenvalue weighted by atomic mass is 9.87. The third kappa shape index (κ3) is 2.02. The van der Waals surface area contributed by atoms with Crippen LogP contribution in [0, 0.1) is 17.8 Å². The second-order valence-electron chi connectivity index (χ2n) is 6.26. The molecule has 0 aromatic carbocycles. The number of hydrogen-bond donors (Lipinski definition) is 0. The van der Waals surface area contributed by atoms with Crippen LogP contribution in [-0.4, -0.2) is 11.6 Å². The van der Waals surface area contributed by atoms with Crippen molar-refractivity contribution in [2.45, 2.75) is 57.5 Å². The SMILES string of the molecule is CC1(OC(=O)C2CCCCC2)CC2C=CC1C2. The van der Waals surface area contributed by atoms with E-state index in [2.05, 4.69) is 19.1 Å². The number of rotatable bonds is 2. The van der Waals surface area contributed by atoms with Crippen LogP contribution in [0.4, 0.5) is 0 Å². The molecule has 2 fully saturated rings. The van der Waals surface area contributed by atoms with Gasteiger partial charge < -0.3 is 4.74 Å². The van der Waals surface area contributed by atoms with Crippen LogP contribution in [0.5, 0.6) is 0 Å². The van der Waals surface area contributed by atoms with Gasteiger partial charge in [-0.05, 0) is 38.5 Å². The summed E-state index contributed by atoms with van der Waals surface area (Å²) < 4.78 is 5.88. The van der Waals surface area contributed by atoms with Crippen molar-refractivity contribution < 1.29 is 9.53 Å². The van der Waals surface area contributed by atoms with Gasteiger partial charge >= 0.3 is 5.97 Å². The van der Waals surface area contributed by atoms with E-state index in [0.717, 1.165) is 19.3 Å². The smallest absolute Gasteiger partial charge is 0.309 e. The fraction of sp³-hybridized carbons (Fsp3) is 0.800. The molecule has 0 radical (unpaired) electrons. The lowest BCUT2D eigenvalue weighted by Crippen LogP contribution is -2.38. The molecule has 0 spiro atoms. The summed E-state index contributed by atoms with van der Waals surface area (Å²) in [6.45, 7) is 2.13. The fourth-order valence-electron chi connectivity index (χ4n) is 3.82. The van der Waals surface area contributed by atoms with Crippen molar-refractivity contribution in [3.63, 3.8) is 0 Å². The number of carbonyl (C=O) groups excluding carboxylic acids is 1. The monoisotopic (exact) mass is 234 g/mol. The van der Waals surface area contributed by atoms with E-state index in [1.165, 1.54) is 25.7 Å². The largest absolute Gasteiger partial charge is 0.459 e. The highest BCUT2D eigenvalue weighted by Crippen LogP contribution is 2.48. The fourth-order valence-corrected chi connectivity index (χ4v) is 3.82. The molecular formula is C15H22O2. The molecule has 2 nitrogen and oxygen atoms in total. The van der Waals surface area contributed by atoms with Gasteiger partial charge in [0, 0.05) is 5.92 Å². The second kappa shape index (κ2) is 4.15. The van der Waals surface area contributed by atoms with Crippen LogP contribution in [0.3, 0.4) is 0 Å². The van der Waals surface area contributed by atoms with E-state index in [1.54, 1.807) is 0 Å². The van der Waals surface area contributed by atoms with Crippen molar-refractivity contribution in [1.82, 2.24) is 0 Å². The Morgan fingerprint density at radius 3 is 2.59 bits per heavy atom. The van der Waals surface area contributed by atoms with Crippen LogP contribution in [-0.2, 0) is 9.53 Å². The zero-order chi connectivity index (χ0) is 11.9. The quantitative estimate of drug-likeness (QED) is 0.540. The van der Waals surface area contributed by atoms with Crippen LogP contribution in [0.15, 0.2) is 12.2 Å². The molecule has 0 aromatic rings. The van der Waals surface area contributed by atoms with Gasteiger partial charge in [0.1, 0.15) is 5.60 Å². The number of carbonyl (C=O) groups is 1. The minimum absolute atomic E-state index is 0.0770. The normalized spacial score (nSPS) is 40.8. The number of ether oxygens (including phenoxy) is 1. The molecule has 0 N–H and O–H groups in total. The molecule has 0 saturated heterocycles. The molecule has 0 amide bonds. The van der Waals surface area contributed by atoms with E-state index >= 15 is 0 Å². The highest BCUT2D eigenvalue weighted by atomic mass is 16.6. The molecule has 3 aliphatic carbocycles. The summed E-state index contributed by atoms with van der Waals surface area (Å²) in [4.78, 5) is 12.2. The van der Waals surface area contributed by atoms with Crippen LogP contribution >= 0.6 is 0 Å². The highest BCUT2D eigenvalue weighted by Gasteiger charge is 2.48. The number of fused-ring (bicyclic) bond motifs is 2. The summed E-state index contributed by atoms with van der Waals surface area (Å²) in [5, 5.41) is 0.